The van der Waals surface area contributed by atoms with E-state index in [2.05, 4.69) is 33.7 Å². The minimum Gasteiger partial charge on any atom is -0.382 e. The Balaban J connectivity index is 1.78. The second-order valence-electron chi connectivity index (χ2n) is 5.41. The Morgan fingerprint density at radius 2 is 2.25 bits per heavy atom. The van der Waals surface area contributed by atoms with Crippen molar-refractivity contribution in [3.8, 4) is 0 Å². The fourth-order valence-corrected chi connectivity index (χ4v) is 2.57. The summed E-state index contributed by atoms with van der Waals surface area (Å²) in [7, 11) is 0. The predicted molar refractivity (Wildman–Crippen MR) is 76.2 cm³/mol. The Bertz CT molecular complexity index is 596. The van der Waals surface area contributed by atoms with Crippen molar-refractivity contribution in [2.24, 2.45) is 0 Å². The topological polar surface area (TPSA) is 82.1 Å². The van der Waals surface area contributed by atoms with Gasteiger partial charge in [-0.15, -0.1) is 0 Å². The molecule has 1 fully saturated rings. The molecule has 7 heteroatoms. The van der Waals surface area contributed by atoms with Gasteiger partial charge in [-0.1, -0.05) is 0 Å². The summed E-state index contributed by atoms with van der Waals surface area (Å²) in [6.45, 7) is 7.85. The van der Waals surface area contributed by atoms with Crippen molar-refractivity contribution in [1.29, 1.82) is 0 Å². The van der Waals surface area contributed by atoms with Gasteiger partial charge in [-0.25, -0.2) is 15.0 Å². The fourth-order valence-electron chi connectivity index (χ4n) is 2.57. The first-order valence-electron chi connectivity index (χ1n) is 6.92. The highest BCUT2D eigenvalue weighted by Crippen LogP contribution is 2.16. The van der Waals surface area contributed by atoms with E-state index in [0.29, 0.717) is 17.4 Å². The molecule has 2 aromatic rings. The van der Waals surface area contributed by atoms with Crippen LogP contribution in [0.1, 0.15) is 13.8 Å². The van der Waals surface area contributed by atoms with E-state index in [0.717, 1.165) is 31.9 Å². The van der Waals surface area contributed by atoms with Gasteiger partial charge in [0, 0.05) is 19.1 Å². The number of nitrogen functional groups attached to an aromatic ring is 1. The van der Waals surface area contributed by atoms with Gasteiger partial charge < -0.3 is 15.0 Å². The highest BCUT2D eigenvalue weighted by molar-refractivity contribution is 5.81. The Kier molecular flexibility index (Phi) is 3.54. The number of nitrogens with two attached hydrogens (primary N) is 1. The van der Waals surface area contributed by atoms with E-state index in [4.69, 9.17) is 10.5 Å². The molecule has 0 radical (unpaired) electrons. The highest BCUT2D eigenvalue weighted by Gasteiger charge is 2.23. The highest BCUT2D eigenvalue weighted by atomic mass is 16.5. The number of hydrogen-bond donors (Lipinski definition) is 1. The molecule has 3 rings (SSSR count). The molecule has 1 unspecified atom stereocenters. The van der Waals surface area contributed by atoms with Gasteiger partial charge in [0.15, 0.2) is 11.5 Å². The average Bonchev–Trinajstić information content (AvgIpc) is 2.84. The third-order valence-corrected chi connectivity index (χ3v) is 3.73. The zero-order chi connectivity index (χ0) is 14.1. The summed E-state index contributed by atoms with van der Waals surface area (Å²) < 4.78 is 7.83. The average molecular weight is 276 g/mol. The summed E-state index contributed by atoms with van der Waals surface area (Å²) in [4.78, 5) is 14.9. The summed E-state index contributed by atoms with van der Waals surface area (Å²) in [6.07, 6.45) is 3.38. The number of imidazole rings is 1. The van der Waals surface area contributed by atoms with Crippen molar-refractivity contribution in [2.75, 3.05) is 25.4 Å². The second kappa shape index (κ2) is 5.34. The molecule has 1 saturated heterocycles. The van der Waals surface area contributed by atoms with Crippen molar-refractivity contribution < 1.29 is 4.74 Å². The van der Waals surface area contributed by atoms with E-state index in [1.807, 2.05) is 4.57 Å². The minimum absolute atomic E-state index is 0.153. The number of hydrogen-bond acceptors (Lipinski definition) is 6. The van der Waals surface area contributed by atoms with Gasteiger partial charge >= 0.3 is 0 Å². The largest absolute Gasteiger partial charge is 0.382 e. The molecule has 3 heterocycles. The van der Waals surface area contributed by atoms with Crippen LogP contribution in [0.4, 0.5) is 5.82 Å². The lowest BCUT2D eigenvalue weighted by Gasteiger charge is -2.35. The lowest BCUT2D eigenvalue weighted by Crippen LogP contribution is -2.47. The van der Waals surface area contributed by atoms with Crippen LogP contribution < -0.4 is 5.73 Å². The van der Waals surface area contributed by atoms with Crippen LogP contribution >= 0.6 is 0 Å². The third-order valence-electron chi connectivity index (χ3n) is 3.73. The summed E-state index contributed by atoms with van der Waals surface area (Å²) in [5.74, 6) is 0.419. The van der Waals surface area contributed by atoms with Crippen LogP contribution in [0, 0.1) is 0 Å². The van der Waals surface area contributed by atoms with Gasteiger partial charge in [0.1, 0.15) is 11.8 Å². The molecule has 0 aliphatic carbocycles. The molecule has 2 N–H and O–H groups in total. The smallest absolute Gasteiger partial charge is 0.165 e. The van der Waals surface area contributed by atoms with Crippen LogP contribution in [0.15, 0.2) is 12.7 Å². The van der Waals surface area contributed by atoms with E-state index >= 15 is 0 Å². The molecule has 2 aromatic heterocycles. The molecule has 108 valence electrons. The van der Waals surface area contributed by atoms with Gasteiger partial charge in [0.05, 0.1) is 25.6 Å². The van der Waals surface area contributed by atoms with Crippen LogP contribution in [0.3, 0.4) is 0 Å². The first kappa shape index (κ1) is 13.3. The van der Waals surface area contributed by atoms with Crippen LogP contribution in [0.2, 0.25) is 0 Å². The molecule has 7 nitrogen and oxygen atoms in total. The number of ether oxygens (including phenoxy) is 1. The van der Waals surface area contributed by atoms with E-state index in [1.165, 1.54) is 6.33 Å². The molecule has 0 bridgehead atoms. The maximum absolute atomic E-state index is 5.85. The second-order valence-corrected chi connectivity index (χ2v) is 5.41. The summed E-state index contributed by atoms with van der Waals surface area (Å²) >= 11 is 0. The van der Waals surface area contributed by atoms with Crippen LogP contribution in [-0.2, 0) is 11.3 Å². The van der Waals surface area contributed by atoms with E-state index < -0.39 is 0 Å². The fraction of sp³-hybridized carbons (Fsp3) is 0.615. The molecular formula is C13H20N6O. The van der Waals surface area contributed by atoms with Crippen LogP contribution in [0.25, 0.3) is 11.2 Å². The van der Waals surface area contributed by atoms with Crippen molar-refractivity contribution in [1.82, 2.24) is 24.4 Å². The third kappa shape index (κ3) is 2.46. The molecule has 0 amide bonds. The van der Waals surface area contributed by atoms with Gasteiger partial charge in [-0.3, -0.25) is 4.90 Å². The lowest BCUT2D eigenvalue weighted by molar-refractivity contribution is -0.0452. The first-order chi connectivity index (χ1) is 9.65. The summed E-state index contributed by atoms with van der Waals surface area (Å²) in [5, 5.41) is 0. The zero-order valence-electron chi connectivity index (χ0n) is 11.9. The van der Waals surface area contributed by atoms with Gasteiger partial charge in [0.25, 0.3) is 0 Å². The van der Waals surface area contributed by atoms with E-state index in [9.17, 15) is 0 Å². The van der Waals surface area contributed by atoms with Crippen LogP contribution in [-0.4, -0.2) is 56.3 Å². The molecule has 0 spiro atoms. The molecule has 1 aliphatic rings. The molecule has 0 aromatic carbocycles. The number of anilines is 1. The van der Waals surface area contributed by atoms with Gasteiger partial charge in [0.2, 0.25) is 0 Å². The van der Waals surface area contributed by atoms with Crippen molar-refractivity contribution >= 4 is 17.0 Å². The van der Waals surface area contributed by atoms with Crippen molar-refractivity contribution in [3.63, 3.8) is 0 Å². The van der Waals surface area contributed by atoms with Crippen molar-refractivity contribution in [3.05, 3.63) is 12.7 Å². The van der Waals surface area contributed by atoms with E-state index in [1.54, 1.807) is 6.33 Å². The number of morpholine rings is 1. The summed E-state index contributed by atoms with van der Waals surface area (Å²) in [6, 6.07) is 0.541. The monoisotopic (exact) mass is 276 g/mol. The lowest BCUT2D eigenvalue weighted by atomic mass is 10.2. The molecule has 1 aliphatic heterocycles. The number of aromatic nitrogens is 4. The number of fused-ring (bicyclic) bond motifs is 1. The predicted octanol–water partition coefficient (Wildman–Crippen LogP) is 0.518. The minimum atomic E-state index is 0.153. The molecular weight excluding hydrogens is 256 g/mol. The first-order valence-corrected chi connectivity index (χ1v) is 6.92. The van der Waals surface area contributed by atoms with Gasteiger partial charge in [-0.2, -0.15) is 0 Å². The summed E-state index contributed by atoms with van der Waals surface area (Å²) in [5.41, 5.74) is 7.22. The Morgan fingerprint density at radius 3 is 3.05 bits per heavy atom. The standard InChI is InChI=1S/C13H20N6O/c1-9(2)18-3-4-20-10(5-18)6-19-8-17-11-12(14)15-7-16-13(11)19/h7-10H,3-6H2,1-2H3,(H2,14,15,16). The van der Waals surface area contributed by atoms with E-state index in [-0.39, 0.29) is 6.10 Å². The van der Waals surface area contributed by atoms with Crippen LogP contribution in [0.5, 0.6) is 0 Å². The number of nitrogens with zero attached hydrogens (tertiary/aromatic N) is 5. The molecule has 1 atom stereocenters. The van der Waals surface area contributed by atoms with Gasteiger partial charge in [-0.05, 0) is 13.8 Å². The zero-order valence-corrected chi connectivity index (χ0v) is 11.9. The Labute approximate surface area is 117 Å². The SMILES string of the molecule is CC(C)N1CCOC(Cn2cnc3c(N)ncnc32)C1. The van der Waals surface area contributed by atoms with Crippen molar-refractivity contribution in [2.45, 2.75) is 32.5 Å². The maximum Gasteiger partial charge on any atom is 0.165 e. The quantitative estimate of drug-likeness (QED) is 0.880. The normalized spacial score (nSPS) is 20.9. The molecule has 0 saturated carbocycles. The Morgan fingerprint density at radius 1 is 1.40 bits per heavy atom. The maximum atomic E-state index is 5.85. The number of rotatable bonds is 3. The Hall–Kier alpha value is -1.73. The molecule has 20 heavy (non-hydrogen) atoms.